The molecule has 1 aliphatic heterocycles. The van der Waals surface area contributed by atoms with Crippen molar-refractivity contribution in [1.29, 1.82) is 0 Å². The molecule has 2 aliphatic rings. The lowest BCUT2D eigenvalue weighted by Crippen LogP contribution is -2.45. The molecule has 1 aromatic heterocycles. The molecule has 4 rings (SSSR count). The van der Waals surface area contributed by atoms with E-state index >= 15 is 0 Å². The molecule has 0 amide bonds. The minimum Gasteiger partial charge on any atom is -0.478 e. The quantitative estimate of drug-likeness (QED) is 0.897. The molecule has 1 N–H and O–H groups in total. The molecule has 2 aromatic rings. The molecule has 0 saturated carbocycles. The number of piperidine rings is 1. The zero-order valence-corrected chi connectivity index (χ0v) is 16.0. The minimum absolute atomic E-state index is 0.103. The number of hydrogen-bond acceptors (Lipinski definition) is 5. The highest BCUT2D eigenvalue weighted by molar-refractivity contribution is 5.87. The Labute approximate surface area is 159 Å². The Morgan fingerprint density at radius 3 is 2.96 bits per heavy atom. The molecule has 1 atom stereocenters. The van der Waals surface area contributed by atoms with Gasteiger partial charge in [-0.3, -0.25) is 4.90 Å². The number of aryl methyl sites for hydroxylation is 1. The van der Waals surface area contributed by atoms with Gasteiger partial charge in [-0.15, -0.1) is 0 Å². The maximum atomic E-state index is 11.2. The summed E-state index contributed by atoms with van der Waals surface area (Å²) in [6.45, 7) is 2.80. The maximum absolute atomic E-state index is 11.2. The molecule has 1 saturated heterocycles. The number of likely N-dealkylation sites (tertiary alicyclic amines) is 1. The molecule has 2 heterocycles. The van der Waals surface area contributed by atoms with Crippen molar-refractivity contribution in [2.24, 2.45) is 0 Å². The second-order valence-electron chi connectivity index (χ2n) is 8.04. The molecule has 142 valence electrons. The topological polar surface area (TPSA) is 69.6 Å². The molecule has 6 nitrogen and oxygen atoms in total. The summed E-state index contributed by atoms with van der Waals surface area (Å²) in [5.74, 6) is -0.0918. The third-order valence-corrected chi connectivity index (χ3v) is 5.86. The highest BCUT2D eigenvalue weighted by Crippen LogP contribution is 2.44. The fourth-order valence-corrected chi connectivity index (χ4v) is 4.57. The number of anilines is 1. The van der Waals surface area contributed by atoms with Crippen molar-refractivity contribution >= 4 is 11.9 Å². The lowest BCUT2D eigenvalue weighted by Gasteiger charge is -2.40. The molecular weight excluding hydrogens is 340 g/mol. The number of carboxylic acid groups (broad SMARTS) is 1. The van der Waals surface area contributed by atoms with Gasteiger partial charge in [0.05, 0.1) is 11.3 Å². The van der Waals surface area contributed by atoms with Crippen molar-refractivity contribution in [3.05, 3.63) is 52.8 Å². The molecule has 0 radical (unpaired) electrons. The van der Waals surface area contributed by atoms with E-state index in [2.05, 4.69) is 9.88 Å². The smallest absolute Gasteiger partial charge is 0.335 e. The number of nitrogens with zero attached hydrogens (tertiary/aromatic N) is 4. The molecular formula is C21H26N4O2. The lowest BCUT2D eigenvalue weighted by molar-refractivity contribution is 0.0696. The summed E-state index contributed by atoms with van der Waals surface area (Å²) in [7, 11) is 3.96. The van der Waals surface area contributed by atoms with Gasteiger partial charge >= 0.3 is 5.97 Å². The number of carboxylic acids is 1. The number of aromatic nitrogens is 2. The van der Waals surface area contributed by atoms with Crippen molar-refractivity contribution in [2.75, 3.05) is 32.1 Å². The van der Waals surface area contributed by atoms with E-state index in [4.69, 9.17) is 4.98 Å². The highest BCUT2D eigenvalue weighted by atomic mass is 16.4. The Kier molecular flexibility index (Phi) is 4.60. The summed E-state index contributed by atoms with van der Waals surface area (Å²) in [5, 5.41) is 9.23. The van der Waals surface area contributed by atoms with E-state index in [1.807, 2.05) is 37.3 Å². The number of aromatic carboxylic acids is 1. The van der Waals surface area contributed by atoms with Crippen LogP contribution in [-0.2, 0) is 18.4 Å². The number of fused-ring (bicyclic) bond motifs is 2. The monoisotopic (exact) mass is 366 g/mol. The highest BCUT2D eigenvalue weighted by Gasteiger charge is 2.43. The van der Waals surface area contributed by atoms with Crippen LogP contribution in [0.2, 0.25) is 0 Å². The zero-order chi connectivity index (χ0) is 19.0. The van der Waals surface area contributed by atoms with Gasteiger partial charge in [0.2, 0.25) is 5.95 Å². The SMILES string of the molecule is CN(C)c1ncc2c(n1)C1(CCCN(Cc3cccc(C(=O)O)c3)C1)CC2. The number of hydrogen-bond donors (Lipinski definition) is 1. The fraction of sp³-hybridized carbons (Fsp3) is 0.476. The van der Waals surface area contributed by atoms with E-state index in [-0.39, 0.29) is 5.41 Å². The Balaban J connectivity index is 1.57. The molecule has 0 bridgehead atoms. The van der Waals surface area contributed by atoms with Crippen LogP contribution >= 0.6 is 0 Å². The average molecular weight is 366 g/mol. The molecule has 27 heavy (non-hydrogen) atoms. The van der Waals surface area contributed by atoms with E-state index in [9.17, 15) is 9.90 Å². The third-order valence-electron chi connectivity index (χ3n) is 5.86. The first kappa shape index (κ1) is 17.9. The van der Waals surface area contributed by atoms with Gasteiger partial charge in [0, 0.05) is 38.8 Å². The molecule has 6 heteroatoms. The lowest BCUT2D eigenvalue weighted by atomic mass is 9.77. The van der Waals surface area contributed by atoms with Crippen LogP contribution in [0.4, 0.5) is 5.95 Å². The maximum Gasteiger partial charge on any atom is 0.335 e. The van der Waals surface area contributed by atoms with Crippen LogP contribution in [0.15, 0.2) is 30.5 Å². The Hall–Kier alpha value is -2.47. The van der Waals surface area contributed by atoms with Gasteiger partial charge in [0.25, 0.3) is 0 Å². The van der Waals surface area contributed by atoms with E-state index in [1.165, 1.54) is 11.3 Å². The standard InChI is InChI=1S/C21H26N4O2/c1-24(2)20-22-12-17-7-9-21(18(17)23-20)8-4-10-25(14-21)13-15-5-3-6-16(11-15)19(26)27/h3,5-6,11-12H,4,7-10,13-14H2,1-2H3,(H,26,27). The van der Waals surface area contributed by atoms with Crippen LogP contribution in [-0.4, -0.2) is 53.1 Å². The van der Waals surface area contributed by atoms with Crippen LogP contribution < -0.4 is 4.90 Å². The van der Waals surface area contributed by atoms with Gasteiger partial charge in [0.15, 0.2) is 0 Å². The molecule has 1 aliphatic carbocycles. The largest absolute Gasteiger partial charge is 0.478 e. The van der Waals surface area contributed by atoms with E-state index < -0.39 is 5.97 Å². The van der Waals surface area contributed by atoms with Crippen LogP contribution in [0.1, 0.15) is 46.4 Å². The minimum atomic E-state index is -0.871. The van der Waals surface area contributed by atoms with E-state index in [0.717, 1.165) is 56.8 Å². The molecule has 1 unspecified atom stereocenters. The van der Waals surface area contributed by atoms with Gasteiger partial charge in [-0.25, -0.2) is 14.8 Å². The van der Waals surface area contributed by atoms with Gasteiger partial charge in [-0.2, -0.15) is 0 Å². The van der Waals surface area contributed by atoms with E-state index in [0.29, 0.717) is 5.56 Å². The summed E-state index contributed by atoms with van der Waals surface area (Å²) < 4.78 is 0. The predicted molar refractivity (Wildman–Crippen MR) is 104 cm³/mol. The van der Waals surface area contributed by atoms with Gasteiger partial charge in [-0.05, 0) is 55.5 Å². The summed E-state index contributed by atoms with van der Waals surface area (Å²) in [6.07, 6.45) is 6.47. The van der Waals surface area contributed by atoms with Crippen molar-refractivity contribution in [1.82, 2.24) is 14.9 Å². The molecule has 1 spiro atoms. The Morgan fingerprint density at radius 1 is 1.33 bits per heavy atom. The summed E-state index contributed by atoms with van der Waals surface area (Å²) >= 11 is 0. The van der Waals surface area contributed by atoms with Crippen molar-refractivity contribution in [3.8, 4) is 0 Å². The Bertz CT molecular complexity index is 863. The van der Waals surface area contributed by atoms with E-state index in [1.54, 1.807) is 12.1 Å². The summed E-state index contributed by atoms with van der Waals surface area (Å²) in [4.78, 5) is 25.1. The van der Waals surface area contributed by atoms with Crippen LogP contribution in [0.25, 0.3) is 0 Å². The van der Waals surface area contributed by atoms with Crippen LogP contribution in [0.3, 0.4) is 0 Å². The second-order valence-corrected chi connectivity index (χ2v) is 8.04. The number of benzene rings is 1. The molecule has 1 aromatic carbocycles. The first-order valence-electron chi connectivity index (χ1n) is 9.55. The number of carbonyl (C=O) groups is 1. The molecule has 1 fully saturated rings. The average Bonchev–Trinajstić information content (AvgIpc) is 2.99. The van der Waals surface area contributed by atoms with Crippen LogP contribution in [0.5, 0.6) is 0 Å². The van der Waals surface area contributed by atoms with Crippen LogP contribution in [0, 0.1) is 0 Å². The summed E-state index contributed by atoms with van der Waals surface area (Å²) in [5.41, 5.74) is 4.03. The van der Waals surface area contributed by atoms with Crippen molar-refractivity contribution < 1.29 is 9.90 Å². The van der Waals surface area contributed by atoms with Crippen molar-refractivity contribution in [3.63, 3.8) is 0 Å². The summed E-state index contributed by atoms with van der Waals surface area (Å²) in [6, 6.07) is 7.29. The van der Waals surface area contributed by atoms with Gasteiger partial charge in [0.1, 0.15) is 0 Å². The zero-order valence-electron chi connectivity index (χ0n) is 16.0. The number of rotatable bonds is 4. The van der Waals surface area contributed by atoms with Crippen molar-refractivity contribution in [2.45, 2.75) is 37.6 Å². The Morgan fingerprint density at radius 2 is 2.19 bits per heavy atom. The third kappa shape index (κ3) is 3.41. The normalized spacial score (nSPS) is 22.0. The second kappa shape index (κ2) is 6.93. The fourth-order valence-electron chi connectivity index (χ4n) is 4.57. The first-order valence-corrected chi connectivity index (χ1v) is 9.55. The van der Waals surface area contributed by atoms with Gasteiger partial charge < -0.3 is 10.0 Å². The van der Waals surface area contributed by atoms with Gasteiger partial charge in [-0.1, -0.05) is 12.1 Å². The first-order chi connectivity index (χ1) is 13.0. The predicted octanol–water partition coefficient (Wildman–Crippen LogP) is 2.72.